The van der Waals surface area contributed by atoms with Crippen molar-refractivity contribution in [2.75, 3.05) is 7.05 Å². The molecule has 32 heavy (non-hydrogen) atoms. The van der Waals surface area contributed by atoms with E-state index < -0.39 is 16.9 Å². The highest BCUT2D eigenvalue weighted by Gasteiger charge is 2.43. The highest BCUT2D eigenvalue weighted by molar-refractivity contribution is 6.37. The van der Waals surface area contributed by atoms with Gasteiger partial charge in [0.1, 0.15) is 11.8 Å². The lowest BCUT2D eigenvalue weighted by Gasteiger charge is -2.21. The van der Waals surface area contributed by atoms with E-state index in [0.717, 1.165) is 29.5 Å². The number of nitrogens with zero attached hydrogens (tertiary/aromatic N) is 3. The molecule has 1 amide bonds. The van der Waals surface area contributed by atoms with Gasteiger partial charge in [-0.15, -0.1) is 5.10 Å². The van der Waals surface area contributed by atoms with Crippen molar-refractivity contribution in [2.24, 2.45) is 11.8 Å². The third kappa shape index (κ3) is 3.61. The molecule has 11 heteroatoms. The van der Waals surface area contributed by atoms with Crippen molar-refractivity contribution in [2.45, 2.75) is 19.3 Å². The molecule has 1 saturated carbocycles. The van der Waals surface area contributed by atoms with Crippen LogP contribution in [0.1, 0.15) is 25.0 Å². The first-order chi connectivity index (χ1) is 15.2. The van der Waals surface area contributed by atoms with E-state index >= 15 is 0 Å². The minimum absolute atomic E-state index is 0.0531. The maximum absolute atomic E-state index is 12.4. The SMILES string of the molecule is C=C(Oc1c(Cl)cc(-n2nc(C#N)c(=O)[nH]c2=O)cc1Cl)C1=C(C(=O)NC)C2CCC1C2. The number of ether oxygens (including phenoxy) is 1. The molecular formula is C21H17Cl2N5O4. The van der Waals surface area contributed by atoms with Crippen LogP contribution in [0.4, 0.5) is 0 Å². The molecule has 1 heterocycles. The summed E-state index contributed by atoms with van der Waals surface area (Å²) in [6.07, 6.45) is 2.78. The first-order valence-corrected chi connectivity index (χ1v) is 10.5. The number of amides is 1. The molecule has 2 atom stereocenters. The summed E-state index contributed by atoms with van der Waals surface area (Å²) in [6, 6.07) is 4.33. The van der Waals surface area contributed by atoms with Crippen LogP contribution in [-0.2, 0) is 4.79 Å². The number of nitrogens with one attached hydrogen (secondary N) is 2. The normalized spacial score (nSPS) is 19.1. The van der Waals surface area contributed by atoms with Crippen molar-refractivity contribution in [3.05, 3.63) is 72.2 Å². The number of halogens is 2. The molecule has 0 aliphatic heterocycles. The number of nitriles is 1. The molecular weight excluding hydrogens is 457 g/mol. The number of H-pyrrole nitrogens is 1. The summed E-state index contributed by atoms with van der Waals surface area (Å²) in [6.45, 7) is 4.01. The van der Waals surface area contributed by atoms with Crippen LogP contribution in [0.15, 0.2) is 45.2 Å². The van der Waals surface area contributed by atoms with Gasteiger partial charge >= 0.3 is 5.69 Å². The number of likely N-dealkylation sites (N-methyl/N-ethyl adjacent to an activating group) is 1. The van der Waals surface area contributed by atoms with Crippen molar-refractivity contribution in [1.29, 1.82) is 5.26 Å². The van der Waals surface area contributed by atoms with Crippen molar-refractivity contribution < 1.29 is 9.53 Å². The fourth-order valence-corrected chi connectivity index (χ4v) is 4.91. The predicted molar refractivity (Wildman–Crippen MR) is 117 cm³/mol. The fourth-order valence-electron chi connectivity index (χ4n) is 4.36. The van der Waals surface area contributed by atoms with Crippen LogP contribution in [0.3, 0.4) is 0 Å². The largest absolute Gasteiger partial charge is 0.455 e. The summed E-state index contributed by atoms with van der Waals surface area (Å²) < 4.78 is 6.71. The van der Waals surface area contributed by atoms with E-state index in [2.05, 4.69) is 17.0 Å². The van der Waals surface area contributed by atoms with Crippen molar-refractivity contribution in [1.82, 2.24) is 20.1 Å². The van der Waals surface area contributed by atoms with E-state index in [1.54, 1.807) is 13.1 Å². The van der Waals surface area contributed by atoms with Gasteiger partial charge < -0.3 is 10.1 Å². The van der Waals surface area contributed by atoms with Gasteiger partial charge in [-0.3, -0.25) is 14.6 Å². The van der Waals surface area contributed by atoms with Crippen LogP contribution < -0.4 is 21.3 Å². The van der Waals surface area contributed by atoms with Crippen molar-refractivity contribution in [3.63, 3.8) is 0 Å². The molecule has 2 aromatic rings. The highest BCUT2D eigenvalue weighted by atomic mass is 35.5. The number of rotatable bonds is 5. The molecule has 0 radical (unpaired) electrons. The van der Waals surface area contributed by atoms with Gasteiger partial charge in [-0.25, -0.2) is 4.79 Å². The average molecular weight is 474 g/mol. The van der Waals surface area contributed by atoms with E-state index in [1.165, 1.54) is 12.1 Å². The number of carbonyl (C=O) groups excluding carboxylic acids is 1. The molecule has 2 aliphatic carbocycles. The summed E-state index contributed by atoms with van der Waals surface area (Å²) in [4.78, 5) is 38.1. The van der Waals surface area contributed by atoms with Gasteiger partial charge in [0, 0.05) is 18.2 Å². The number of fused-ring (bicyclic) bond motifs is 2. The van der Waals surface area contributed by atoms with E-state index in [9.17, 15) is 14.4 Å². The van der Waals surface area contributed by atoms with Gasteiger partial charge in [-0.2, -0.15) is 9.94 Å². The van der Waals surface area contributed by atoms with Gasteiger partial charge in [0.25, 0.3) is 5.56 Å². The number of aromatic amines is 1. The summed E-state index contributed by atoms with van der Waals surface area (Å²) in [5.74, 6) is 0.604. The van der Waals surface area contributed by atoms with E-state index in [-0.39, 0.29) is 39.2 Å². The van der Waals surface area contributed by atoms with Gasteiger partial charge in [-0.1, -0.05) is 29.8 Å². The van der Waals surface area contributed by atoms with Crippen LogP contribution >= 0.6 is 23.2 Å². The van der Waals surface area contributed by atoms with Crippen LogP contribution in [0.5, 0.6) is 5.75 Å². The lowest BCUT2D eigenvalue weighted by atomic mass is 9.90. The minimum Gasteiger partial charge on any atom is -0.455 e. The van der Waals surface area contributed by atoms with E-state index in [4.69, 9.17) is 33.2 Å². The predicted octanol–water partition coefficient (Wildman–Crippen LogP) is 2.46. The zero-order chi connectivity index (χ0) is 23.2. The average Bonchev–Trinajstić information content (AvgIpc) is 3.37. The molecule has 2 bridgehead atoms. The molecule has 1 fully saturated rings. The summed E-state index contributed by atoms with van der Waals surface area (Å²) >= 11 is 12.7. The van der Waals surface area contributed by atoms with Crippen LogP contribution in [-0.4, -0.2) is 27.7 Å². The molecule has 0 saturated heterocycles. The monoisotopic (exact) mass is 473 g/mol. The lowest BCUT2D eigenvalue weighted by Crippen LogP contribution is -2.33. The fraction of sp³-hybridized carbons (Fsp3) is 0.286. The van der Waals surface area contributed by atoms with Crippen LogP contribution in [0.2, 0.25) is 10.0 Å². The van der Waals surface area contributed by atoms with Crippen LogP contribution in [0, 0.1) is 23.2 Å². The quantitative estimate of drug-likeness (QED) is 0.641. The standard InChI is InChI=1S/C21H17Cl2N5O4/c1-9(16-10-3-4-11(5-10)17(16)20(30)25-2)32-18-13(22)6-12(7-14(18)23)28-21(31)26-19(29)15(8-24)27-28/h6-7,10-11H,1,3-5H2,2H3,(H,25,30)(H,26,29,31). The molecule has 2 unspecified atom stereocenters. The number of hydrogen-bond donors (Lipinski definition) is 2. The Morgan fingerprint density at radius 1 is 1.28 bits per heavy atom. The zero-order valence-corrected chi connectivity index (χ0v) is 18.4. The third-order valence-corrected chi connectivity index (χ3v) is 6.26. The topological polar surface area (TPSA) is 130 Å². The molecule has 1 aromatic carbocycles. The summed E-state index contributed by atoms with van der Waals surface area (Å²) in [7, 11) is 1.58. The van der Waals surface area contributed by atoms with Crippen molar-refractivity contribution in [3.8, 4) is 17.5 Å². The Morgan fingerprint density at radius 2 is 1.91 bits per heavy atom. The van der Waals surface area contributed by atoms with Gasteiger partial charge in [-0.05, 0) is 43.2 Å². The summed E-state index contributed by atoms with van der Waals surface area (Å²) in [5.41, 5.74) is -0.661. The molecule has 2 N–H and O–H groups in total. The number of hydrogen-bond acceptors (Lipinski definition) is 6. The molecule has 4 rings (SSSR count). The van der Waals surface area contributed by atoms with Gasteiger partial charge in [0.2, 0.25) is 11.6 Å². The number of benzene rings is 1. The van der Waals surface area contributed by atoms with Gasteiger partial charge in [0.05, 0.1) is 15.7 Å². The lowest BCUT2D eigenvalue weighted by molar-refractivity contribution is -0.117. The summed E-state index contributed by atoms with van der Waals surface area (Å²) in [5, 5.41) is 15.5. The number of allylic oxidation sites excluding steroid dienone is 1. The second-order valence-corrected chi connectivity index (χ2v) is 8.32. The Balaban J connectivity index is 1.70. The Labute approximate surface area is 191 Å². The van der Waals surface area contributed by atoms with Crippen molar-refractivity contribution >= 4 is 29.1 Å². The molecule has 1 aromatic heterocycles. The highest BCUT2D eigenvalue weighted by Crippen LogP contribution is 2.51. The second kappa shape index (κ2) is 8.30. The smallest absolute Gasteiger partial charge is 0.349 e. The number of aromatic nitrogens is 3. The maximum Gasteiger partial charge on any atom is 0.349 e. The Morgan fingerprint density at radius 3 is 2.50 bits per heavy atom. The molecule has 0 spiro atoms. The van der Waals surface area contributed by atoms with Crippen LogP contribution in [0.25, 0.3) is 5.69 Å². The van der Waals surface area contributed by atoms with E-state index in [0.29, 0.717) is 11.3 Å². The first kappa shape index (κ1) is 21.9. The minimum atomic E-state index is -0.895. The van der Waals surface area contributed by atoms with Gasteiger partial charge in [0.15, 0.2) is 5.75 Å². The molecule has 9 nitrogen and oxygen atoms in total. The molecule has 2 aliphatic rings. The Hall–Kier alpha value is -3.35. The maximum atomic E-state index is 12.4. The number of carbonyl (C=O) groups is 1. The second-order valence-electron chi connectivity index (χ2n) is 7.51. The zero-order valence-electron chi connectivity index (χ0n) is 16.9. The molecule has 164 valence electrons. The first-order valence-electron chi connectivity index (χ1n) is 9.71. The van der Waals surface area contributed by atoms with E-state index in [1.807, 2.05) is 4.98 Å². The third-order valence-electron chi connectivity index (χ3n) is 5.70. The Kier molecular flexibility index (Phi) is 5.67. The Bertz CT molecular complexity index is 1330.